The van der Waals surface area contributed by atoms with Gasteiger partial charge in [0, 0.05) is 18.7 Å². The van der Waals surface area contributed by atoms with E-state index in [4.69, 9.17) is 5.73 Å². The van der Waals surface area contributed by atoms with Crippen molar-refractivity contribution in [2.75, 3.05) is 0 Å². The van der Waals surface area contributed by atoms with Crippen LogP contribution in [0.1, 0.15) is 24.2 Å². The van der Waals surface area contributed by atoms with Crippen LogP contribution in [0, 0.1) is 0 Å². The lowest BCUT2D eigenvalue weighted by atomic mass is 10.1. The van der Waals surface area contributed by atoms with E-state index in [9.17, 15) is 13.2 Å². The third-order valence-corrected chi connectivity index (χ3v) is 1.73. The molecule has 1 rings (SSSR count). The molecule has 0 aliphatic rings. The molecule has 13 heavy (non-hydrogen) atoms. The van der Waals surface area contributed by atoms with Gasteiger partial charge in [0.15, 0.2) is 0 Å². The van der Waals surface area contributed by atoms with E-state index >= 15 is 0 Å². The lowest BCUT2D eigenvalue weighted by Crippen LogP contribution is -2.17. The molecule has 1 atom stereocenters. The van der Waals surface area contributed by atoms with Crippen molar-refractivity contribution in [1.82, 2.24) is 9.78 Å². The molecular formula is C7H10F3N3. The summed E-state index contributed by atoms with van der Waals surface area (Å²) in [7, 11) is 1.24. The molecule has 0 radical (unpaired) electrons. The van der Waals surface area contributed by atoms with E-state index in [-0.39, 0.29) is 5.56 Å². The van der Waals surface area contributed by atoms with E-state index in [0.717, 1.165) is 10.9 Å². The summed E-state index contributed by atoms with van der Waals surface area (Å²) in [6.07, 6.45) is -3.25. The second kappa shape index (κ2) is 3.02. The predicted molar refractivity (Wildman–Crippen MR) is 40.8 cm³/mol. The summed E-state index contributed by atoms with van der Waals surface area (Å²) in [4.78, 5) is 0. The molecule has 3 nitrogen and oxygen atoms in total. The Morgan fingerprint density at radius 2 is 2.08 bits per heavy atom. The van der Waals surface area contributed by atoms with Gasteiger partial charge in [-0.05, 0) is 6.92 Å². The minimum atomic E-state index is -4.39. The van der Waals surface area contributed by atoms with Crippen molar-refractivity contribution in [3.05, 3.63) is 17.5 Å². The molecule has 0 spiro atoms. The summed E-state index contributed by atoms with van der Waals surface area (Å²) in [6.45, 7) is 1.49. The average Bonchev–Trinajstić information content (AvgIpc) is 2.28. The lowest BCUT2D eigenvalue weighted by molar-refractivity contribution is -0.144. The summed E-state index contributed by atoms with van der Waals surface area (Å²) in [6, 6.07) is -0.662. The third-order valence-electron chi connectivity index (χ3n) is 1.73. The predicted octanol–water partition coefficient (Wildman–Crippen LogP) is 1.46. The van der Waals surface area contributed by atoms with Crippen LogP contribution in [0.5, 0.6) is 0 Å². The first-order chi connectivity index (χ1) is 5.84. The van der Waals surface area contributed by atoms with Gasteiger partial charge in [0.1, 0.15) is 5.69 Å². The number of hydrogen-bond donors (Lipinski definition) is 1. The maximum Gasteiger partial charge on any atom is 0.433 e. The van der Waals surface area contributed by atoms with E-state index in [2.05, 4.69) is 5.10 Å². The monoisotopic (exact) mass is 193 g/mol. The molecule has 1 aromatic rings. The Morgan fingerprint density at radius 3 is 2.38 bits per heavy atom. The van der Waals surface area contributed by atoms with Crippen molar-refractivity contribution in [1.29, 1.82) is 0 Å². The average molecular weight is 193 g/mol. The molecule has 6 heteroatoms. The van der Waals surface area contributed by atoms with Crippen molar-refractivity contribution < 1.29 is 13.2 Å². The fraction of sp³-hybridized carbons (Fsp3) is 0.571. The highest BCUT2D eigenvalue weighted by Crippen LogP contribution is 2.33. The second-order valence-electron chi connectivity index (χ2n) is 2.86. The van der Waals surface area contributed by atoms with Gasteiger partial charge in [-0.15, -0.1) is 0 Å². The molecule has 1 aromatic heterocycles. The molecule has 0 aliphatic heterocycles. The molecule has 1 heterocycles. The van der Waals surface area contributed by atoms with Crippen LogP contribution in [0.3, 0.4) is 0 Å². The summed E-state index contributed by atoms with van der Waals surface area (Å²) < 4.78 is 37.9. The molecule has 0 amide bonds. The minimum Gasteiger partial charge on any atom is -0.324 e. The van der Waals surface area contributed by atoms with Crippen LogP contribution in [0.4, 0.5) is 13.2 Å². The molecule has 0 aliphatic carbocycles. The van der Waals surface area contributed by atoms with Crippen LogP contribution in [0.15, 0.2) is 6.20 Å². The smallest absolute Gasteiger partial charge is 0.324 e. The summed E-state index contributed by atoms with van der Waals surface area (Å²) in [5.74, 6) is 0. The number of alkyl halides is 3. The second-order valence-corrected chi connectivity index (χ2v) is 2.86. The van der Waals surface area contributed by atoms with Gasteiger partial charge in [-0.2, -0.15) is 18.3 Å². The Bertz CT molecular complexity index is 300. The number of aromatic nitrogens is 2. The maximum absolute atomic E-state index is 12.4. The van der Waals surface area contributed by atoms with Crippen molar-refractivity contribution in [3.8, 4) is 0 Å². The van der Waals surface area contributed by atoms with Gasteiger partial charge in [0.05, 0.1) is 6.20 Å². The van der Waals surface area contributed by atoms with Crippen LogP contribution in [0.2, 0.25) is 0 Å². The number of rotatable bonds is 1. The van der Waals surface area contributed by atoms with Crippen LogP contribution < -0.4 is 5.73 Å². The number of aryl methyl sites for hydroxylation is 1. The molecule has 2 N–H and O–H groups in total. The molecule has 0 bridgehead atoms. The van der Waals surface area contributed by atoms with Crippen molar-refractivity contribution >= 4 is 0 Å². The van der Waals surface area contributed by atoms with Crippen LogP contribution >= 0.6 is 0 Å². The maximum atomic E-state index is 12.4. The normalized spacial score (nSPS) is 14.6. The fourth-order valence-electron chi connectivity index (χ4n) is 1.13. The standard InChI is InChI=1S/C7H10F3N3/c1-4(11)5-3-12-13(2)6(5)7(8,9)10/h3-4H,11H2,1-2H3. The van der Waals surface area contributed by atoms with Gasteiger partial charge in [-0.3, -0.25) is 4.68 Å². The third kappa shape index (κ3) is 1.82. The number of nitrogens with two attached hydrogens (primary N) is 1. The molecule has 0 saturated carbocycles. The summed E-state index contributed by atoms with van der Waals surface area (Å²) >= 11 is 0. The van der Waals surface area contributed by atoms with E-state index < -0.39 is 17.9 Å². The zero-order chi connectivity index (χ0) is 10.2. The highest BCUT2D eigenvalue weighted by molar-refractivity contribution is 5.23. The molecular weight excluding hydrogens is 183 g/mol. The molecule has 0 aromatic carbocycles. The van der Waals surface area contributed by atoms with Crippen molar-refractivity contribution in [2.45, 2.75) is 19.1 Å². The van der Waals surface area contributed by atoms with E-state index in [1.54, 1.807) is 0 Å². The number of hydrogen-bond acceptors (Lipinski definition) is 2. The number of halogens is 3. The van der Waals surface area contributed by atoms with Gasteiger partial charge in [0.2, 0.25) is 0 Å². The Balaban J connectivity index is 3.25. The Kier molecular flexibility index (Phi) is 2.34. The Labute approximate surface area is 73.3 Å². The first-order valence-electron chi connectivity index (χ1n) is 3.68. The van der Waals surface area contributed by atoms with Crippen LogP contribution in [-0.2, 0) is 13.2 Å². The van der Waals surface area contributed by atoms with E-state index in [1.165, 1.54) is 14.0 Å². The molecule has 0 saturated heterocycles. The zero-order valence-corrected chi connectivity index (χ0v) is 7.26. The minimum absolute atomic E-state index is 0.0231. The van der Waals surface area contributed by atoms with E-state index in [1.807, 2.05) is 0 Å². The lowest BCUT2D eigenvalue weighted by Gasteiger charge is -2.11. The number of nitrogens with zero attached hydrogens (tertiary/aromatic N) is 2. The molecule has 1 unspecified atom stereocenters. The van der Waals surface area contributed by atoms with Crippen LogP contribution in [0.25, 0.3) is 0 Å². The largest absolute Gasteiger partial charge is 0.433 e. The van der Waals surface area contributed by atoms with Gasteiger partial charge < -0.3 is 5.73 Å². The zero-order valence-electron chi connectivity index (χ0n) is 7.26. The van der Waals surface area contributed by atoms with Gasteiger partial charge >= 0.3 is 6.18 Å². The highest BCUT2D eigenvalue weighted by Gasteiger charge is 2.37. The SMILES string of the molecule is CC(N)c1cnn(C)c1C(F)(F)F. The quantitative estimate of drug-likeness (QED) is 0.733. The van der Waals surface area contributed by atoms with Crippen molar-refractivity contribution in [3.63, 3.8) is 0 Å². The van der Waals surface area contributed by atoms with Gasteiger partial charge in [-0.1, -0.05) is 0 Å². The topological polar surface area (TPSA) is 43.8 Å². The fourth-order valence-corrected chi connectivity index (χ4v) is 1.13. The van der Waals surface area contributed by atoms with Gasteiger partial charge in [0.25, 0.3) is 0 Å². The first-order valence-corrected chi connectivity index (χ1v) is 3.68. The first kappa shape index (κ1) is 10.0. The molecule has 0 fully saturated rings. The van der Waals surface area contributed by atoms with Crippen molar-refractivity contribution in [2.24, 2.45) is 12.8 Å². The molecule has 74 valence electrons. The summed E-state index contributed by atoms with van der Waals surface area (Å²) in [5.41, 5.74) is 4.62. The van der Waals surface area contributed by atoms with Gasteiger partial charge in [-0.25, -0.2) is 0 Å². The van der Waals surface area contributed by atoms with E-state index in [0.29, 0.717) is 0 Å². The Hall–Kier alpha value is -1.04. The van der Waals surface area contributed by atoms with Crippen LogP contribution in [-0.4, -0.2) is 9.78 Å². The highest BCUT2D eigenvalue weighted by atomic mass is 19.4. The Morgan fingerprint density at radius 1 is 1.54 bits per heavy atom. The summed E-state index contributed by atoms with van der Waals surface area (Å²) in [5, 5.41) is 3.52.